The Hall–Kier alpha value is -0.890. The van der Waals surface area contributed by atoms with Crippen LogP contribution in [0.1, 0.15) is 12.1 Å². The number of pyridine rings is 1. The molecule has 1 heterocycles. The molecule has 0 atom stereocenters. The maximum absolute atomic E-state index is 3.47. The zero-order chi connectivity index (χ0) is 10.7. The van der Waals surface area contributed by atoms with E-state index < -0.39 is 0 Å². The fourth-order valence-corrected chi connectivity index (χ4v) is 2.06. The first-order valence-corrected chi connectivity index (χ1v) is 6.38. The minimum atomic E-state index is 1.06. The standard InChI is InChI=1S/C13H15BrN/c1-11-9-12-5-2-3-6-13(12)10-15(11)8-4-7-14/h2-3,5-6,9-10H,4,7-8H2,1H3/q+1. The van der Waals surface area contributed by atoms with E-state index in [1.807, 2.05) is 0 Å². The van der Waals surface area contributed by atoms with Gasteiger partial charge in [0.2, 0.25) is 0 Å². The summed E-state index contributed by atoms with van der Waals surface area (Å²) < 4.78 is 2.32. The molecule has 2 rings (SSSR count). The van der Waals surface area contributed by atoms with Crippen LogP contribution in [0.3, 0.4) is 0 Å². The summed E-state index contributed by atoms with van der Waals surface area (Å²) in [5.74, 6) is 0. The number of hydrogen-bond donors (Lipinski definition) is 0. The second-order valence-electron chi connectivity index (χ2n) is 3.78. The monoisotopic (exact) mass is 264 g/mol. The second-order valence-corrected chi connectivity index (χ2v) is 4.57. The molecule has 0 aliphatic carbocycles. The number of nitrogens with zero attached hydrogens (tertiary/aromatic N) is 1. The van der Waals surface area contributed by atoms with Crippen molar-refractivity contribution in [3.05, 3.63) is 42.2 Å². The lowest BCUT2D eigenvalue weighted by molar-refractivity contribution is -0.701. The normalized spacial score (nSPS) is 10.8. The van der Waals surface area contributed by atoms with Gasteiger partial charge in [-0.2, -0.15) is 0 Å². The molecule has 1 nitrogen and oxygen atoms in total. The van der Waals surface area contributed by atoms with Crippen molar-refractivity contribution in [3.8, 4) is 0 Å². The van der Waals surface area contributed by atoms with Gasteiger partial charge in [-0.05, 0) is 11.5 Å². The van der Waals surface area contributed by atoms with Gasteiger partial charge in [0, 0.05) is 30.1 Å². The molecular formula is C13H15BrN+. The van der Waals surface area contributed by atoms with E-state index in [1.165, 1.54) is 22.9 Å². The highest BCUT2D eigenvalue weighted by Crippen LogP contribution is 2.11. The number of rotatable bonds is 3. The number of fused-ring (bicyclic) bond motifs is 1. The van der Waals surface area contributed by atoms with Crippen molar-refractivity contribution in [2.45, 2.75) is 19.9 Å². The number of benzene rings is 1. The predicted molar refractivity (Wildman–Crippen MR) is 67.3 cm³/mol. The van der Waals surface area contributed by atoms with E-state index in [0.29, 0.717) is 0 Å². The van der Waals surface area contributed by atoms with Crippen LogP contribution in [-0.4, -0.2) is 5.33 Å². The van der Waals surface area contributed by atoms with Gasteiger partial charge in [0.1, 0.15) is 6.54 Å². The highest BCUT2D eigenvalue weighted by atomic mass is 79.9. The first kappa shape index (κ1) is 10.6. The molecule has 1 aromatic heterocycles. The smallest absolute Gasteiger partial charge is 0.178 e. The van der Waals surface area contributed by atoms with Crippen molar-refractivity contribution in [2.75, 3.05) is 5.33 Å². The topological polar surface area (TPSA) is 3.88 Å². The summed E-state index contributed by atoms with van der Waals surface area (Å²) in [5, 5.41) is 3.70. The Bertz CT molecular complexity index is 465. The van der Waals surface area contributed by atoms with E-state index in [9.17, 15) is 0 Å². The molecule has 2 aromatic rings. The van der Waals surface area contributed by atoms with Crippen LogP contribution in [0.25, 0.3) is 10.8 Å². The Morgan fingerprint density at radius 3 is 2.67 bits per heavy atom. The molecule has 15 heavy (non-hydrogen) atoms. The molecule has 0 amide bonds. The average Bonchev–Trinajstić information content (AvgIpc) is 2.26. The fourth-order valence-electron chi connectivity index (χ4n) is 1.81. The van der Waals surface area contributed by atoms with E-state index in [2.05, 4.69) is 63.9 Å². The number of halogens is 1. The molecule has 0 unspecified atom stereocenters. The summed E-state index contributed by atoms with van der Waals surface area (Å²) in [6.45, 7) is 3.25. The van der Waals surface area contributed by atoms with E-state index in [1.54, 1.807) is 0 Å². The third kappa shape index (κ3) is 2.37. The van der Waals surface area contributed by atoms with Gasteiger partial charge in [-0.25, -0.2) is 4.57 Å². The minimum Gasteiger partial charge on any atom is -0.202 e. The van der Waals surface area contributed by atoms with Crippen molar-refractivity contribution in [1.82, 2.24) is 0 Å². The van der Waals surface area contributed by atoms with E-state index in [4.69, 9.17) is 0 Å². The first-order valence-electron chi connectivity index (χ1n) is 5.26. The molecule has 2 heteroatoms. The SMILES string of the molecule is Cc1cc2ccccc2c[n+]1CCCBr. The molecule has 0 aliphatic rings. The van der Waals surface area contributed by atoms with Crippen molar-refractivity contribution in [1.29, 1.82) is 0 Å². The maximum atomic E-state index is 3.47. The minimum absolute atomic E-state index is 1.06. The summed E-state index contributed by atoms with van der Waals surface area (Å²) in [6.07, 6.45) is 3.41. The molecular weight excluding hydrogens is 250 g/mol. The number of alkyl halides is 1. The fraction of sp³-hybridized carbons (Fsp3) is 0.308. The predicted octanol–water partition coefficient (Wildman–Crippen LogP) is 3.22. The highest BCUT2D eigenvalue weighted by molar-refractivity contribution is 9.09. The van der Waals surface area contributed by atoms with Crippen molar-refractivity contribution in [2.24, 2.45) is 0 Å². The van der Waals surface area contributed by atoms with Crippen molar-refractivity contribution >= 4 is 26.7 Å². The average molecular weight is 265 g/mol. The number of aryl methyl sites for hydroxylation is 2. The maximum Gasteiger partial charge on any atom is 0.178 e. The van der Waals surface area contributed by atoms with E-state index >= 15 is 0 Å². The first-order chi connectivity index (χ1) is 7.31. The Kier molecular flexibility index (Phi) is 3.37. The Morgan fingerprint density at radius 1 is 1.20 bits per heavy atom. The van der Waals surface area contributed by atoms with E-state index in [0.717, 1.165) is 11.9 Å². The third-order valence-electron chi connectivity index (χ3n) is 2.64. The summed E-state index contributed by atoms with van der Waals surface area (Å²) in [7, 11) is 0. The van der Waals surface area contributed by atoms with Crippen molar-refractivity contribution in [3.63, 3.8) is 0 Å². The molecule has 0 saturated carbocycles. The van der Waals surface area contributed by atoms with Crippen LogP contribution in [0.5, 0.6) is 0 Å². The Balaban J connectivity index is 2.43. The van der Waals surface area contributed by atoms with Crippen molar-refractivity contribution < 1.29 is 4.57 Å². The molecule has 0 saturated heterocycles. The van der Waals surface area contributed by atoms with Gasteiger partial charge < -0.3 is 0 Å². The van der Waals surface area contributed by atoms with Gasteiger partial charge in [0.25, 0.3) is 0 Å². The van der Waals surface area contributed by atoms with Crippen LogP contribution in [-0.2, 0) is 6.54 Å². The molecule has 1 aromatic carbocycles. The molecule has 0 N–H and O–H groups in total. The van der Waals surface area contributed by atoms with Gasteiger partial charge in [-0.1, -0.05) is 34.1 Å². The Labute approximate surface area is 98.9 Å². The molecule has 0 aliphatic heterocycles. The zero-order valence-corrected chi connectivity index (χ0v) is 10.5. The van der Waals surface area contributed by atoms with Gasteiger partial charge in [0.15, 0.2) is 11.9 Å². The molecule has 0 radical (unpaired) electrons. The highest BCUT2D eigenvalue weighted by Gasteiger charge is 2.07. The van der Waals surface area contributed by atoms with Crippen LogP contribution < -0.4 is 4.57 Å². The lowest BCUT2D eigenvalue weighted by Crippen LogP contribution is -2.36. The van der Waals surface area contributed by atoms with E-state index in [-0.39, 0.29) is 0 Å². The van der Waals surface area contributed by atoms with Crippen LogP contribution in [0.2, 0.25) is 0 Å². The van der Waals surface area contributed by atoms with Gasteiger partial charge in [-0.3, -0.25) is 0 Å². The lowest BCUT2D eigenvalue weighted by Gasteiger charge is -2.01. The summed E-state index contributed by atoms with van der Waals surface area (Å²) in [5.41, 5.74) is 1.33. The summed E-state index contributed by atoms with van der Waals surface area (Å²) in [4.78, 5) is 0. The molecule has 0 fully saturated rings. The number of hydrogen-bond acceptors (Lipinski definition) is 0. The zero-order valence-electron chi connectivity index (χ0n) is 8.91. The van der Waals surface area contributed by atoms with Gasteiger partial charge in [0.05, 0.1) is 0 Å². The quantitative estimate of drug-likeness (QED) is 0.592. The van der Waals surface area contributed by atoms with Crippen LogP contribution in [0, 0.1) is 6.92 Å². The van der Waals surface area contributed by atoms with Gasteiger partial charge >= 0.3 is 0 Å². The third-order valence-corrected chi connectivity index (χ3v) is 3.20. The lowest BCUT2D eigenvalue weighted by atomic mass is 10.1. The van der Waals surface area contributed by atoms with Gasteiger partial charge in [-0.15, -0.1) is 0 Å². The molecule has 0 bridgehead atoms. The van der Waals surface area contributed by atoms with Crippen LogP contribution >= 0.6 is 15.9 Å². The number of aromatic nitrogens is 1. The van der Waals surface area contributed by atoms with Crippen LogP contribution in [0.4, 0.5) is 0 Å². The summed E-state index contributed by atoms with van der Waals surface area (Å²) >= 11 is 3.47. The summed E-state index contributed by atoms with van der Waals surface area (Å²) in [6, 6.07) is 10.8. The Morgan fingerprint density at radius 2 is 1.93 bits per heavy atom. The molecule has 78 valence electrons. The molecule has 0 spiro atoms. The van der Waals surface area contributed by atoms with Crippen LogP contribution in [0.15, 0.2) is 36.5 Å². The largest absolute Gasteiger partial charge is 0.202 e. The second kappa shape index (κ2) is 4.75.